The second-order valence-electron chi connectivity index (χ2n) is 4.26. The monoisotopic (exact) mass is 284 g/mol. The van der Waals surface area contributed by atoms with Crippen LogP contribution in [0.1, 0.15) is 11.1 Å². The first-order valence-electron chi connectivity index (χ1n) is 6.56. The molecule has 4 nitrogen and oxygen atoms in total. The fourth-order valence-electron chi connectivity index (χ4n) is 1.64. The van der Waals surface area contributed by atoms with Gasteiger partial charge in [0.1, 0.15) is 12.1 Å². The summed E-state index contributed by atoms with van der Waals surface area (Å²) in [5.74, 6) is 0. The molecule has 0 aliphatic carbocycles. The summed E-state index contributed by atoms with van der Waals surface area (Å²) in [4.78, 5) is 8.11. The Hall–Kier alpha value is -3.50. The molecule has 0 spiro atoms. The van der Waals surface area contributed by atoms with Gasteiger partial charge in [-0.05, 0) is 11.1 Å². The van der Waals surface area contributed by atoms with E-state index < -0.39 is 0 Å². The van der Waals surface area contributed by atoms with Gasteiger partial charge in [-0.2, -0.15) is 10.5 Å². The molecule has 0 amide bonds. The summed E-state index contributed by atoms with van der Waals surface area (Å²) < 4.78 is 0. The average molecular weight is 284 g/mol. The summed E-state index contributed by atoms with van der Waals surface area (Å²) in [6.07, 6.45) is 3.07. The number of hydrogen-bond acceptors (Lipinski definition) is 4. The SMILES string of the molecule is N#C/C(N=Cc1ccccc1)=C(/C#N)N=Cc1ccccc1. The number of allylic oxidation sites excluding steroid dienone is 2. The quantitative estimate of drug-likeness (QED) is 0.636. The third-order valence-corrected chi connectivity index (χ3v) is 2.72. The van der Waals surface area contributed by atoms with Crippen LogP contribution in [0.2, 0.25) is 0 Å². The maximum atomic E-state index is 9.16. The lowest BCUT2D eigenvalue weighted by atomic mass is 10.2. The third-order valence-electron chi connectivity index (χ3n) is 2.72. The van der Waals surface area contributed by atoms with Crippen LogP contribution in [0.5, 0.6) is 0 Å². The van der Waals surface area contributed by atoms with Crippen LogP contribution in [0.25, 0.3) is 0 Å². The van der Waals surface area contributed by atoms with E-state index in [4.69, 9.17) is 10.5 Å². The fraction of sp³-hybridized carbons (Fsp3) is 0. The number of nitrogens with zero attached hydrogens (tertiary/aromatic N) is 4. The molecule has 0 atom stereocenters. The predicted octanol–water partition coefficient (Wildman–Crippen LogP) is 3.48. The molecule has 0 radical (unpaired) electrons. The van der Waals surface area contributed by atoms with Gasteiger partial charge in [0.05, 0.1) is 0 Å². The number of benzene rings is 2. The topological polar surface area (TPSA) is 72.3 Å². The summed E-state index contributed by atoms with van der Waals surface area (Å²) in [7, 11) is 0. The first-order valence-corrected chi connectivity index (χ1v) is 6.56. The Morgan fingerprint density at radius 1 is 0.682 bits per heavy atom. The zero-order chi connectivity index (χ0) is 15.6. The molecule has 2 aromatic rings. The molecule has 2 aromatic carbocycles. The molecule has 104 valence electrons. The molecule has 22 heavy (non-hydrogen) atoms. The highest BCUT2D eigenvalue weighted by molar-refractivity contribution is 5.82. The van der Waals surface area contributed by atoms with Crippen LogP contribution in [0.15, 0.2) is 82.0 Å². The minimum atomic E-state index is -0.0152. The van der Waals surface area contributed by atoms with Gasteiger partial charge >= 0.3 is 0 Å². The zero-order valence-electron chi connectivity index (χ0n) is 11.7. The number of nitriles is 2. The average Bonchev–Trinajstić information content (AvgIpc) is 2.59. The highest BCUT2D eigenvalue weighted by Gasteiger charge is 2.02. The van der Waals surface area contributed by atoms with Crippen molar-refractivity contribution in [2.45, 2.75) is 0 Å². The van der Waals surface area contributed by atoms with Gasteiger partial charge in [0, 0.05) is 12.4 Å². The van der Waals surface area contributed by atoms with Gasteiger partial charge in [0.2, 0.25) is 0 Å². The van der Waals surface area contributed by atoms with E-state index in [1.54, 1.807) is 0 Å². The zero-order valence-corrected chi connectivity index (χ0v) is 11.7. The summed E-state index contributed by atoms with van der Waals surface area (Å²) >= 11 is 0. The predicted molar refractivity (Wildman–Crippen MR) is 86.3 cm³/mol. The van der Waals surface area contributed by atoms with Crippen molar-refractivity contribution in [2.24, 2.45) is 9.98 Å². The van der Waals surface area contributed by atoms with Crippen molar-refractivity contribution < 1.29 is 0 Å². The molecule has 0 saturated carbocycles. The van der Waals surface area contributed by atoms with E-state index >= 15 is 0 Å². The van der Waals surface area contributed by atoms with Crippen LogP contribution >= 0.6 is 0 Å². The van der Waals surface area contributed by atoms with Crippen LogP contribution in [0.3, 0.4) is 0 Å². The molecular weight excluding hydrogens is 272 g/mol. The van der Waals surface area contributed by atoms with Gasteiger partial charge in [0.15, 0.2) is 11.4 Å². The largest absolute Gasteiger partial charge is 0.242 e. The van der Waals surface area contributed by atoms with Gasteiger partial charge in [-0.25, -0.2) is 9.98 Å². The van der Waals surface area contributed by atoms with E-state index in [1.165, 1.54) is 12.4 Å². The summed E-state index contributed by atoms with van der Waals surface area (Å²) in [5, 5.41) is 18.3. The van der Waals surface area contributed by atoms with Gasteiger partial charge in [-0.15, -0.1) is 0 Å². The van der Waals surface area contributed by atoms with E-state index in [2.05, 4.69) is 9.98 Å². The van der Waals surface area contributed by atoms with Crippen molar-refractivity contribution >= 4 is 12.4 Å². The van der Waals surface area contributed by atoms with E-state index in [0.717, 1.165) is 11.1 Å². The molecular formula is C18H12N4. The number of hydrogen-bond donors (Lipinski definition) is 0. The van der Waals surface area contributed by atoms with Crippen molar-refractivity contribution in [3.63, 3.8) is 0 Å². The summed E-state index contributed by atoms with van der Waals surface area (Å²) in [6.45, 7) is 0. The summed E-state index contributed by atoms with van der Waals surface area (Å²) in [5.41, 5.74) is 1.66. The molecule has 0 bridgehead atoms. The molecule has 0 unspecified atom stereocenters. The lowest BCUT2D eigenvalue weighted by Gasteiger charge is -1.94. The minimum Gasteiger partial charge on any atom is -0.242 e. The first-order chi connectivity index (χ1) is 10.8. The van der Waals surface area contributed by atoms with Crippen molar-refractivity contribution in [2.75, 3.05) is 0 Å². The Balaban J connectivity index is 2.27. The lowest BCUT2D eigenvalue weighted by molar-refractivity contribution is 1.27. The molecule has 2 rings (SSSR count). The molecule has 0 aromatic heterocycles. The lowest BCUT2D eigenvalue weighted by Crippen LogP contribution is -1.87. The van der Waals surface area contributed by atoms with Gasteiger partial charge in [-0.3, -0.25) is 0 Å². The molecule has 0 saturated heterocycles. The van der Waals surface area contributed by atoms with Crippen LogP contribution in [-0.4, -0.2) is 12.4 Å². The Morgan fingerprint density at radius 3 is 1.36 bits per heavy atom. The first kappa shape index (κ1) is 14.9. The Labute approximate surface area is 129 Å². The van der Waals surface area contributed by atoms with Gasteiger partial charge in [0.25, 0.3) is 0 Å². The Kier molecular flexibility index (Phi) is 5.38. The van der Waals surface area contributed by atoms with Gasteiger partial charge < -0.3 is 0 Å². The van der Waals surface area contributed by atoms with Crippen LogP contribution < -0.4 is 0 Å². The van der Waals surface area contributed by atoms with E-state index in [0.29, 0.717) is 0 Å². The standard InChI is InChI=1S/C18H12N4/c19-11-17(21-13-15-7-3-1-4-8-15)18(12-20)22-14-16-9-5-2-6-10-16/h1-10,13-14H/b18-17+,21-13?,22-14?. The molecule has 4 heteroatoms. The highest BCUT2D eigenvalue weighted by atomic mass is 14.8. The van der Waals surface area contributed by atoms with Crippen LogP contribution in [0.4, 0.5) is 0 Å². The second kappa shape index (κ2) is 7.94. The van der Waals surface area contributed by atoms with Crippen molar-refractivity contribution in [3.8, 4) is 12.1 Å². The molecule has 0 aliphatic heterocycles. The third kappa shape index (κ3) is 4.26. The Bertz CT molecular complexity index is 719. The van der Waals surface area contributed by atoms with Crippen molar-refractivity contribution in [1.82, 2.24) is 0 Å². The number of rotatable bonds is 4. The van der Waals surface area contributed by atoms with Gasteiger partial charge in [-0.1, -0.05) is 60.7 Å². The van der Waals surface area contributed by atoms with Crippen LogP contribution in [-0.2, 0) is 0 Å². The molecule has 0 heterocycles. The van der Waals surface area contributed by atoms with E-state index in [9.17, 15) is 0 Å². The minimum absolute atomic E-state index is 0.0152. The number of aliphatic imine (C=N–C) groups is 2. The van der Waals surface area contributed by atoms with Crippen molar-refractivity contribution in [1.29, 1.82) is 10.5 Å². The van der Waals surface area contributed by atoms with E-state index in [-0.39, 0.29) is 11.4 Å². The van der Waals surface area contributed by atoms with Crippen LogP contribution in [0, 0.1) is 22.7 Å². The maximum Gasteiger partial charge on any atom is 0.176 e. The molecule has 0 N–H and O–H groups in total. The molecule has 0 aliphatic rings. The molecule has 0 fully saturated rings. The fourth-order valence-corrected chi connectivity index (χ4v) is 1.64. The maximum absolute atomic E-state index is 9.16. The van der Waals surface area contributed by atoms with E-state index in [1.807, 2.05) is 72.8 Å². The smallest absolute Gasteiger partial charge is 0.176 e. The van der Waals surface area contributed by atoms with Crippen molar-refractivity contribution in [3.05, 3.63) is 83.2 Å². The summed E-state index contributed by atoms with van der Waals surface area (Å²) in [6, 6.07) is 22.5. The second-order valence-corrected chi connectivity index (χ2v) is 4.26. The highest BCUT2D eigenvalue weighted by Crippen LogP contribution is 2.07. The normalized spacial score (nSPS) is 11.9. The Morgan fingerprint density at radius 2 is 1.05 bits per heavy atom.